The molecule has 0 saturated heterocycles. The van der Waals surface area contributed by atoms with E-state index in [1.165, 1.54) is 17.2 Å². The minimum absolute atomic E-state index is 0.146. The fraction of sp³-hybridized carbons (Fsp3) is 0.417. The summed E-state index contributed by atoms with van der Waals surface area (Å²) in [6, 6.07) is 2.98. The number of likely N-dealkylation sites (N-methyl/N-ethyl adjacent to an activating group) is 1. The van der Waals surface area contributed by atoms with Crippen LogP contribution in [0.2, 0.25) is 5.02 Å². The van der Waals surface area contributed by atoms with Crippen LogP contribution in [0, 0.1) is 0 Å². The molecule has 19 heavy (non-hydrogen) atoms. The Morgan fingerprint density at radius 1 is 1.37 bits per heavy atom. The van der Waals surface area contributed by atoms with Crippen molar-refractivity contribution in [1.82, 2.24) is 14.8 Å². The van der Waals surface area contributed by atoms with Gasteiger partial charge in [-0.3, -0.25) is 14.6 Å². The summed E-state index contributed by atoms with van der Waals surface area (Å²) in [5, 5.41) is 9.24. The lowest BCUT2D eigenvalue weighted by molar-refractivity contribution is -0.137. The number of aromatic nitrogens is 1. The first-order chi connectivity index (χ1) is 8.90. The first-order valence-electron chi connectivity index (χ1n) is 5.67. The maximum absolute atomic E-state index is 12.2. The molecule has 0 aliphatic heterocycles. The lowest BCUT2D eigenvalue weighted by Gasteiger charge is -2.22. The highest BCUT2D eigenvalue weighted by atomic mass is 35.5. The van der Waals surface area contributed by atoms with E-state index in [4.69, 9.17) is 16.7 Å². The van der Waals surface area contributed by atoms with Gasteiger partial charge >= 0.3 is 5.97 Å². The monoisotopic (exact) mass is 285 g/mol. The molecule has 0 fully saturated rings. The zero-order chi connectivity index (χ0) is 14.4. The lowest BCUT2D eigenvalue weighted by Crippen LogP contribution is -2.40. The Bertz CT molecular complexity index is 465. The van der Waals surface area contributed by atoms with Crippen LogP contribution in [0.15, 0.2) is 18.3 Å². The van der Waals surface area contributed by atoms with Crippen LogP contribution in [-0.2, 0) is 4.79 Å². The summed E-state index contributed by atoms with van der Waals surface area (Å²) in [5.74, 6) is -1.50. The van der Waals surface area contributed by atoms with Crippen LogP contribution in [0.3, 0.4) is 0 Å². The van der Waals surface area contributed by atoms with E-state index < -0.39 is 11.9 Å². The van der Waals surface area contributed by atoms with Gasteiger partial charge in [0.15, 0.2) is 0 Å². The molecule has 0 spiro atoms. The average molecular weight is 286 g/mol. The van der Waals surface area contributed by atoms with Gasteiger partial charge in [-0.25, -0.2) is 0 Å². The molecule has 1 N–H and O–H groups in total. The quantitative estimate of drug-likeness (QED) is 0.838. The number of aliphatic carboxylic acids is 1. The lowest BCUT2D eigenvalue weighted by atomic mass is 10.3. The van der Waals surface area contributed by atoms with Gasteiger partial charge in [-0.15, -0.1) is 0 Å². The molecule has 0 aliphatic rings. The van der Waals surface area contributed by atoms with E-state index in [-0.39, 0.29) is 12.2 Å². The second kappa shape index (κ2) is 7.06. The summed E-state index contributed by atoms with van der Waals surface area (Å²) >= 11 is 5.79. The van der Waals surface area contributed by atoms with Gasteiger partial charge < -0.3 is 14.9 Å². The molecule has 0 aromatic carbocycles. The summed E-state index contributed by atoms with van der Waals surface area (Å²) in [4.78, 5) is 30.0. The Morgan fingerprint density at radius 2 is 2.05 bits per heavy atom. The molecule has 0 unspecified atom stereocenters. The zero-order valence-corrected chi connectivity index (χ0v) is 11.6. The first-order valence-corrected chi connectivity index (χ1v) is 6.05. The third-order valence-electron chi connectivity index (χ3n) is 2.37. The summed E-state index contributed by atoms with van der Waals surface area (Å²) in [7, 11) is 3.70. The highest BCUT2D eigenvalue weighted by Gasteiger charge is 2.19. The largest absolute Gasteiger partial charge is 0.480 e. The van der Waals surface area contributed by atoms with Gasteiger partial charge in [-0.05, 0) is 26.2 Å². The van der Waals surface area contributed by atoms with Crippen molar-refractivity contribution in [2.75, 3.05) is 33.7 Å². The van der Waals surface area contributed by atoms with E-state index in [1.54, 1.807) is 6.07 Å². The first kappa shape index (κ1) is 15.4. The Hall–Kier alpha value is -1.66. The van der Waals surface area contributed by atoms with Crippen LogP contribution < -0.4 is 0 Å². The van der Waals surface area contributed by atoms with Crippen molar-refractivity contribution in [3.05, 3.63) is 29.0 Å². The van der Waals surface area contributed by atoms with E-state index in [2.05, 4.69) is 4.98 Å². The topological polar surface area (TPSA) is 73.7 Å². The van der Waals surface area contributed by atoms with E-state index in [1.807, 2.05) is 19.0 Å². The number of nitrogens with zero attached hydrogens (tertiary/aromatic N) is 3. The Kier molecular flexibility index (Phi) is 5.72. The van der Waals surface area contributed by atoms with E-state index >= 15 is 0 Å². The highest BCUT2D eigenvalue weighted by Crippen LogP contribution is 2.10. The Labute approximate surface area is 116 Å². The fourth-order valence-corrected chi connectivity index (χ4v) is 1.58. The van der Waals surface area contributed by atoms with Crippen molar-refractivity contribution >= 4 is 23.5 Å². The normalized spacial score (nSPS) is 10.5. The summed E-state index contributed by atoms with van der Waals surface area (Å²) in [6.07, 6.45) is 1.42. The molecule has 1 rings (SSSR count). The summed E-state index contributed by atoms with van der Waals surface area (Å²) in [5.41, 5.74) is 0.146. The molecular formula is C12H16ClN3O3. The summed E-state index contributed by atoms with van der Waals surface area (Å²) in [6.45, 7) is 0.521. The van der Waals surface area contributed by atoms with Crippen molar-refractivity contribution in [2.45, 2.75) is 0 Å². The number of hydrogen-bond acceptors (Lipinski definition) is 4. The van der Waals surface area contributed by atoms with E-state index in [0.29, 0.717) is 18.1 Å². The standard InChI is InChI=1S/C12H16ClN3O3/c1-15(2)5-6-16(8-11(17)18)12(19)10-7-9(13)3-4-14-10/h3-4,7H,5-6,8H2,1-2H3,(H,17,18). The van der Waals surface area contributed by atoms with Gasteiger partial charge in [-0.2, -0.15) is 0 Å². The van der Waals surface area contributed by atoms with E-state index in [0.717, 1.165) is 0 Å². The van der Waals surface area contributed by atoms with Gasteiger partial charge in [0.25, 0.3) is 5.91 Å². The minimum Gasteiger partial charge on any atom is -0.480 e. The molecule has 1 aromatic heterocycles. The number of rotatable bonds is 6. The van der Waals surface area contributed by atoms with Crippen LogP contribution in [0.1, 0.15) is 10.5 Å². The molecule has 7 heteroatoms. The Morgan fingerprint density at radius 3 is 2.58 bits per heavy atom. The van der Waals surface area contributed by atoms with Crippen molar-refractivity contribution in [3.63, 3.8) is 0 Å². The molecule has 1 heterocycles. The van der Waals surface area contributed by atoms with Crippen LogP contribution in [0.4, 0.5) is 0 Å². The van der Waals surface area contributed by atoms with Crippen LogP contribution in [0.25, 0.3) is 0 Å². The molecule has 104 valence electrons. The molecule has 0 radical (unpaired) electrons. The van der Waals surface area contributed by atoms with Crippen LogP contribution in [0.5, 0.6) is 0 Å². The minimum atomic E-state index is -1.06. The number of carbonyl (C=O) groups is 2. The molecule has 1 aromatic rings. The maximum atomic E-state index is 12.2. The molecule has 0 bridgehead atoms. The second-order valence-corrected chi connectivity index (χ2v) is 4.72. The number of halogens is 1. The number of pyridine rings is 1. The predicted molar refractivity (Wildman–Crippen MR) is 71.3 cm³/mol. The smallest absolute Gasteiger partial charge is 0.323 e. The van der Waals surface area contributed by atoms with Crippen molar-refractivity contribution in [1.29, 1.82) is 0 Å². The maximum Gasteiger partial charge on any atom is 0.323 e. The summed E-state index contributed by atoms with van der Waals surface area (Å²) < 4.78 is 0. The van der Waals surface area contributed by atoms with Gasteiger partial charge in [0.1, 0.15) is 12.2 Å². The molecule has 0 aliphatic carbocycles. The molecular weight excluding hydrogens is 270 g/mol. The number of carbonyl (C=O) groups excluding carboxylic acids is 1. The molecule has 6 nitrogen and oxygen atoms in total. The van der Waals surface area contributed by atoms with Crippen LogP contribution in [-0.4, -0.2) is 65.5 Å². The predicted octanol–water partition coefficient (Wildman–Crippen LogP) is 0.823. The van der Waals surface area contributed by atoms with Crippen LogP contribution >= 0.6 is 11.6 Å². The van der Waals surface area contributed by atoms with Gasteiger partial charge in [0.05, 0.1) is 0 Å². The molecule has 0 atom stereocenters. The molecule has 1 amide bonds. The van der Waals surface area contributed by atoms with Crippen molar-refractivity contribution in [3.8, 4) is 0 Å². The van der Waals surface area contributed by atoms with Gasteiger partial charge in [0.2, 0.25) is 0 Å². The van der Waals surface area contributed by atoms with Gasteiger partial charge in [0, 0.05) is 24.3 Å². The second-order valence-electron chi connectivity index (χ2n) is 4.28. The third-order valence-corrected chi connectivity index (χ3v) is 2.61. The zero-order valence-electron chi connectivity index (χ0n) is 10.8. The number of carboxylic acids is 1. The molecule has 0 saturated carbocycles. The van der Waals surface area contributed by atoms with Crippen molar-refractivity contribution in [2.24, 2.45) is 0 Å². The Balaban J connectivity index is 2.83. The number of hydrogen-bond donors (Lipinski definition) is 1. The average Bonchev–Trinajstić information content (AvgIpc) is 2.33. The fourth-order valence-electron chi connectivity index (χ4n) is 1.42. The number of carboxylic acid groups (broad SMARTS) is 1. The number of amides is 1. The van der Waals surface area contributed by atoms with E-state index in [9.17, 15) is 9.59 Å². The van der Waals surface area contributed by atoms with Gasteiger partial charge in [-0.1, -0.05) is 11.6 Å². The third kappa shape index (κ3) is 5.23. The van der Waals surface area contributed by atoms with Crippen molar-refractivity contribution < 1.29 is 14.7 Å². The SMILES string of the molecule is CN(C)CCN(CC(=O)O)C(=O)c1cc(Cl)ccn1. The highest BCUT2D eigenvalue weighted by molar-refractivity contribution is 6.30.